The monoisotopic (exact) mass is 408 g/mol. The highest BCUT2D eigenvalue weighted by Crippen LogP contribution is 2.12. The number of nitrogens with one attached hydrogen (secondary N) is 3. The number of imide groups is 1. The van der Waals surface area contributed by atoms with Gasteiger partial charge in [-0.25, -0.2) is 9.59 Å². The summed E-state index contributed by atoms with van der Waals surface area (Å²) >= 11 is 0. The van der Waals surface area contributed by atoms with Crippen LogP contribution in [-0.4, -0.2) is 29.9 Å². The van der Waals surface area contributed by atoms with Crippen LogP contribution in [0.2, 0.25) is 0 Å². The minimum Gasteiger partial charge on any atom is -0.449 e. The van der Waals surface area contributed by atoms with Crippen LogP contribution < -0.4 is 16.0 Å². The van der Waals surface area contributed by atoms with Crippen molar-refractivity contribution in [2.24, 2.45) is 0 Å². The van der Waals surface area contributed by atoms with Gasteiger partial charge >= 0.3 is 12.0 Å². The number of carbonyl (C=O) groups excluding carboxylic acids is 4. The van der Waals surface area contributed by atoms with Crippen LogP contribution in [0.4, 0.5) is 10.5 Å². The van der Waals surface area contributed by atoms with E-state index in [0.29, 0.717) is 5.69 Å². The van der Waals surface area contributed by atoms with Gasteiger partial charge in [0.1, 0.15) is 6.42 Å². The third kappa shape index (κ3) is 7.09. The molecule has 0 saturated carbocycles. The van der Waals surface area contributed by atoms with E-state index in [1.807, 2.05) is 30.3 Å². The molecule has 2 aromatic rings. The Hall–Kier alpha value is -4.19. The lowest BCUT2D eigenvalue weighted by molar-refractivity contribution is -0.127. The van der Waals surface area contributed by atoms with Crippen LogP contribution in [0.25, 0.3) is 0 Å². The number of esters is 1. The minimum atomic E-state index is -1.20. The third-order valence-corrected chi connectivity index (χ3v) is 3.83. The maximum atomic E-state index is 12.2. The molecule has 0 radical (unpaired) electrons. The average molecular weight is 408 g/mol. The van der Waals surface area contributed by atoms with E-state index < -0.39 is 29.9 Å². The molecule has 9 heteroatoms. The largest absolute Gasteiger partial charge is 0.449 e. The first-order valence-corrected chi connectivity index (χ1v) is 8.99. The number of urea groups is 1. The Labute approximate surface area is 173 Å². The fraction of sp³-hybridized carbons (Fsp3) is 0.190. The summed E-state index contributed by atoms with van der Waals surface area (Å²) < 4.78 is 5.06. The SMILES string of the molecule is CC(OC(=O)c1ccc(NC(=O)CC#N)cc1)C(=O)NC(=O)NCc1ccccc1. The summed E-state index contributed by atoms with van der Waals surface area (Å²) in [6.45, 7) is 1.58. The molecular formula is C21H20N4O5. The standard InChI is InChI=1S/C21H20N4O5/c1-14(19(27)25-21(29)23-13-15-5-3-2-4-6-15)30-20(28)16-7-9-17(10-8-16)24-18(26)11-12-22/h2-10,14H,11,13H2,1H3,(H,24,26)(H2,23,25,27,29). The van der Waals surface area contributed by atoms with Gasteiger partial charge in [-0.1, -0.05) is 30.3 Å². The maximum Gasteiger partial charge on any atom is 0.338 e. The molecule has 2 rings (SSSR count). The second-order valence-electron chi connectivity index (χ2n) is 6.17. The van der Waals surface area contributed by atoms with Gasteiger partial charge in [0.05, 0.1) is 11.6 Å². The Balaban J connectivity index is 1.81. The topological polar surface area (TPSA) is 137 Å². The van der Waals surface area contributed by atoms with Gasteiger partial charge in [0, 0.05) is 12.2 Å². The molecule has 154 valence electrons. The van der Waals surface area contributed by atoms with Gasteiger partial charge in [-0.3, -0.25) is 14.9 Å². The number of hydrogen-bond acceptors (Lipinski definition) is 6. The molecular weight excluding hydrogens is 388 g/mol. The van der Waals surface area contributed by atoms with Crippen molar-refractivity contribution in [3.05, 3.63) is 65.7 Å². The van der Waals surface area contributed by atoms with E-state index in [1.165, 1.54) is 31.2 Å². The first-order chi connectivity index (χ1) is 14.4. The van der Waals surface area contributed by atoms with Gasteiger partial charge in [-0.2, -0.15) is 5.26 Å². The molecule has 0 saturated heterocycles. The summed E-state index contributed by atoms with van der Waals surface area (Å²) in [5.74, 6) is -2.00. The molecule has 0 aromatic heterocycles. The Kier molecular flexibility index (Phi) is 8.08. The van der Waals surface area contributed by atoms with Crippen molar-refractivity contribution < 1.29 is 23.9 Å². The predicted octanol–water partition coefficient (Wildman–Crippen LogP) is 2.11. The van der Waals surface area contributed by atoms with Crippen molar-refractivity contribution in [2.75, 3.05) is 5.32 Å². The van der Waals surface area contributed by atoms with E-state index in [1.54, 1.807) is 6.07 Å². The van der Waals surface area contributed by atoms with Crippen LogP contribution in [-0.2, 0) is 20.9 Å². The molecule has 3 N–H and O–H groups in total. The summed E-state index contributed by atoms with van der Waals surface area (Å²) in [5, 5.41) is 15.6. The second-order valence-corrected chi connectivity index (χ2v) is 6.17. The number of carbonyl (C=O) groups is 4. The van der Waals surface area contributed by atoms with Crippen molar-refractivity contribution >= 4 is 29.5 Å². The number of nitriles is 1. The minimum absolute atomic E-state index is 0.154. The quantitative estimate of drug-likeness (QED) is 0.600. The zero-order valence-electron chi connectivity index (χ0n) is 16.2. The van der Waals surface area contributed by atoms with E-state index in [2.05, 4.69) is 16.0 Å². The maximum absolute atomic E-state index is 12.2. The summed E-state index contributed by atoms with van der Waals surface area (Å²) in [6, 6.07) is 15.9. The highest BCUT2D eigenvalue weighted by atomic mass is 16.5. The van der Waals surface area contributed by atoms with Crippen molar-refractivity contribution in [3.63, 3.8) is 0 Å². The lowest BCUT2D eigenvalue weighted by Gasteiger charge is -2.13. The van der Waals surface area contributed by atoms with Gasteiger partial charge in [0.2, 0.25) is 5.91 Å². The van der Waals surface area contributed by atoms with Crippen molar-refractivity contribution in [1.82, 2.24) is 10.6 Å². The van der Waals surface area contributed by atoms with Crippen LogP contribution in [0.1, 0.15) is 29.3 Å². The summed E-state index contributed by atoms with van der Waals surface area (Å²) in [4.78, 5) is 47.4. The Bertz CT molecular complexity index is 952. The highest BCUT2D eigenvalue weighted by molar-refractivity contribution is 5.98. The molecule has 0 spiro atoms. The van der Waals surface area contributed by atoms with E-state index in [0.717, 1.165) is 5.56 Å². The number of ether oxygens (including phenoxy) is 1. The number of rotatable bonds is 7. The zero-order valence-corrected chi connectivity index (χ0v) is 16.2. The molecule has 4 amide bonds. The Morgan fingerprint density at radius 1 is 1.03 bits per heavy atom. The highest BCUT2D eigenvalue weighted by Gasteiger charge is 2.20. The van der Waals surface area contributed by atoms with Crippen molar-refractivity contribution in [1.29, 1.82) is 5.26 Å². The first kappa shape index (κ1) is 22.1. The molecule has 0 heterocycles. The normalized spacial score (nSPS) is 10.8. The van der Waals surface area contributed by atoms with Gasteiger partial charge < -0.3 is 15.4 Å². The lowest BCUT2D eigenvalue weighted by Crippen LogP contribution is -2.44. The molecule has 0 aliphatic carbocycles. The third-order valence-electron chi connectivity index (χ3n) is 3.83. The molecule has 9 nitrogen and oxygen atoms in total. The zero-order chi connectivity index (χ0) is 21.9. The first-order valence-electron chi connectivity index (χ1n) is 8.99. The van der Waals surface area contributed by atoms with Crippen LogP contribution >= 0.6 is 0 Å². The molecule has 1 unspecified atom stereocenters. The van der Waals surface area contributed by atoms with Crippen LogP contribution in [0, 0.1) is 11.3 Å². The average Bonchev–Trinajstić information content (AvgIpc) is 2.73. The van der Waals surface area contributed by atoms with Gasteiger partial charge in [-0.05, 0) is 36.8 Å². The molecule has 0 fully saturated rings. The molecule has 0 bridgehead atoms. The van der Waals surface area contributed by atoms with Gasteiger partial charge in [0.15, 0.2) is 6.10 Å². The van der Waals surface area contributed by atoms with Gasteiger partial charge in [-0.15, -0.1) is 0 Å². The van der Waals surface area contributed by atoms with Crippen molar-refractivity contribution in [2.45, 2.75) is 26.0 Å². The molecule has 1 atom stereocenters. The molecule has 0 aliphatic rings. The predicted molar refractivity (Wildman–Crippen MR) is 107 cm³/mol. The smallest absolute Gasteiger partial charge is 0.338 e. The van der Waals surface area contributed by atoms with Crippen LogP contribution in [0.5, 0.6) is 0 Å². The van der Waals surface area contributed by atoms with Gasteiger partial charge in [0.25, 0.3) is 5.91 Å². The van der Waals surface area contributed by atoms with Crippen LogP contribution in [0.15, 0.2) is 54.6 Å². The molecule has 30 heavy (non-hydrogen) atoms. The number of amides is 4. The molecule has 2 aromatic carbocycles. The summed E-state index contributed by atoms with van der Waals surface area (Å²) in [7, 11) is 0. The number of hydrogen-bond donors (Lipinski definition) is 3. The van der Waals surface area contributed by atoms with E-state index >= 15 is 0 Å². The van der Waals surface area contributed by atoms with E-state index in [4.69, 9.17) is 10.00 Å². The van der Waals surface area contributed by atoms with Crippen molar-refractivity contribution in [3.8, 4) is 6.07 Å². The summed E-state index contributed by atoms with van der Waals surface area (Å²) in [6.07, 6.45) is -1.48. The van der Waals surface area contributed by atoms with Crippen LogP contribution in [0.3, 0.4) is 0 Å². The fourth-order valence-corrected chi connectivity index (χ4v) is 2.28. The van der Waals surface area contributed by atoms with E-state index in [9.17, 15) is 19.2 Å². The number of anilines is 1. The summed E-state index contributed by atoms with van der Waals surface area (Å²) in [5.41, 5.74) is 1.43. The second kappa shape index (κ2) is 11.0. The Morgan fingerprint density at radius 3 is 2.33 bits per heavy atom. The Morgan fingerprint density at radius 2 is 1.70 bits per heavy atom. The lowest BCUT2D eigenvalue weighted by atomic mass is 10.2. The number of benzene rings is 2. The number of nitrogens with zero attached hydrogens (tertiary/aromatic N) is 1. The fourth-order valence-electron chi connectivity index (χ4n) is 2.28. The van der Waals surface area contributed by atoms with E-state index in [-0.39, 0.29) is 18.5 Å². The molecule has 0 aliphatic heterocycles.